The molecular weight excluding hydrogens is 488 g/mol. The predicted molar refractivity (Wildman–Crippen MR) is 65.5 cm³/mol. The predicted octanol–water partition coefficient (Wildman–Crippen LogP) is 7.82. The molecule has 0 bridgehead atoms. The summed E-state index contributed by atoms with van der Waals surface area (Å²) in [6.07, 6.45) is -30.8. The summed E-state index contributed by atoms with van der Waals surface area (Å²) in [6.45, 7) is 0. The smallest absolute Gasteiger partial charge is 0.193 e. The van der Waals surface area contributed by atoms with E-state index < -0.39 is 81.5 Å². The molecule has 0 aromatic rings. The fourth-order valence-corrected chi connectivity index (χ4v) is 3.79. The summed E-state index contributed by atoms with van der Waals surface area (Å²) in [5, 5.41) is -11.5. The highest BCUT2D eigenvalue weighted by molar-refractivity contribution is 8.77. The average Bonchev–Trinajstić information content (AvgIpc) is 2.36. The van der Waals surface area contributed by atoms with Crippen LogP contribution in [0, 0.1) is 11.8 Å². The van der Waals surface area contributed by atoms with Crippen LogP contribution in [-0.4, -0.2) is 35.2 Å². The minimum atomic E-state index is -6.31. The second kappa shape index (κ2) is 8.37. The Kier molecular flexibility index (Phi) is 8.25. The zero-order valence-electron chi connectivity index (χ0n) is 12.4. The van der Waals surface area contributed by atoms with Gasteiger partial charge in [0.05, 0.1) is 12.8 Å². The van der Waals surface area contributed by atoms with Crippen molar-refractivity contribution < 1.29 is 70.2 Å². The van der Waals surface area contributed by atoms with Gasteiger partial charge >= 0.3 is 35.2 Å². The second-order valence-electron chi connectivity index (χ2n) is 5.12. The van der Waals surface area contributed by atoms with Crippen molar-refractivity contribution >= 4 is 21.6 Å². The fraction of sp³-hybridized carbons (Fsp3) is 1.00. The zero-order chi connectivity index (χ0) is 23.0. The quantitative estimate of drug-likeness (QED) is 0.262. The van der Waals surface area contributed by atoms with Crippen LogP contribution in [0.1, 0.15) is 12.8 Å². The summed E-state index contributed by atoms with van der Waals surface area (Å²) in [6, 6.07) is 0. The molecule has 0 N–H and O–H groups in total. The summed E-state index contributed by atoms with van der Waals surface area (Å²) in [5.74, 6) is -9.25. The molecule has 0 fully saturated rings. The highest BCUT2D eigenvalue weighted by Crippen LogP contribution is 2.60. The Hall–Kier alpha value is -0.420. The van der Waals surface area contributed by atoms with Crippen molar-refractivity contribution in [3.8, 4) is 0 Å². The van der Waals surface area contributed by atoms with Crippen molar-refractivity contribution in [2.45, 2.75) is 48.1 Å². The molecule has 170 valence electrons. The van der Waals surface area contributed by atoms with Crippen LogP contribution in [-0.2, 0) is 0 Å². The summed E-state index contributed by atoms with van der Waals surface area (Å²) in [7, 11) is -4.04. The summed E-state index contributed by atoms with van der Waals surface area (Å²) >= 11 is 0. The lowest BCUT2D eigenvalue weighted by Gasteiger charge is -2.32. The third-order valence-corrected chi connectivity index (χ3v) is 5.42. The van der Waals surface area contributed by atoms with Gasteiger partial charge < -0.3 is 0 Å². The van der Waals surface area contributed by atoms with E-state index in [1.165, 1.54) is 0 Å². The van der Waals surface area contributed by atoms with Crippen molar-refractivity contribution in [2.75, 3.05) is 0 Å². The zero-order valence-corrected chi connectivity index (χ0v) is 14.1. The van der Waals surface area contributed by atoms with Crippen molar-refractivity contribution in [3.63, 3.8) is 0 Å². The van der Waals surface area contributed by atoms with Crippen LogP contribution in [0.15, 0.2) is 0 Å². The Morgan fingerprint density at radius 2 is 0.643 bits per heavy atom. The normalized spacial score (nSPS) is 17.6. The molecule has 18 heteroatoms. The van der Waals surface area contributed by atoms with Crippen molar-refractivity contribution in [3.05, 3.63) is 0 Å². The molecule has 0 radical (unpaired) electrons. The van der Waals surface area contributed by atoms with E-state index in [1.807, 2.05) is 0 Å². The third-order valence-electron chi connectivity index (χ3n) is 2.74. The molecule has 0 spiro atoms. The number of alkyl halides is 16. The standard InChI is InChI=1S/C10H6F16S2/c11-5(12,13)1-3(7(17,18)19)9(23,24)27-28-10(25,26)4(8(20,21)22)2-6(14,15)16/h3-4H,1-2H2. The summed E-state index contributed by atoms with van der Waals surface area (Å²) < 4.78 is 200. The Balaban J connectivity index is 5.62. The van der Waals surface area contributed by atoms with Gasteiger partial charge in [0.25, 0.3) is 0 Å². The SMILES string of the molecule is FC(F)(F)CC(C(F)(F)F)C(F)(F)SSC(F)(F)C(CC(F)(F)F)C(F)(F)F. The van der Waals surface area contributed by atoms with Crippen LogP contribution in [0.2, 0.25) is 0 Å². The van der Waals surface area contributed by atoms with E-state index in [1.54, 1.807) is 0 Å². The molecule has 0 saturated carbocycles. The van der Waals surface area contributed by atoms with Crippen molar-refractivity contribution in [1.29, 1.82) is 0 Å². The van der Waals surface area contributed by atoms with Gasteiger partial charge in [-0.2, -0.15) is 70.2 Å². The second-order valence-corrected chi connectivity index (χ2v) is 7.54. The average molecular weight is 494 g/mol. The minimum absolute atomic E-state index is 2.02. The lowest BCUT2D eigenvalue weighted by Crippen LogP contribution is -2.42. The first-order valence-electron chi connectivity index (χ1n) is 6.28. The largest absolute Gasteiger partial charge is 0.398 e. The van der Waals surface area contributed by atoms with Gasteiger partial charge in [0.2, 0.25) is 0 Å². The fourth-order valence-electron chi connectivity index (χ4n) is 1.54. The van der Waals surface area contributed by atoms with Gasteiger partial charge in [-0.05, 0) is 21.6 Å². The first-order chi connectivity index (χ1) is 11.9. The van der Waals surface area contributed by atoms with Gasteiger partial charge in [-0.3, -0.25) is 0 Å². The molecule has 0 aliphatic heterocycles. The Morgan fingerprint density at radius 1 is 0.429 bits per heavy atom. The van der Waals surface area contributed by atoms with Crippen LogP contribution < -0.4 is 0 Å². The minimum Gasteiger partial charge on any atom is -0.193 e. The molecule has 0 amide bonds. The van der Waals surface area contributed by atoms with Gasteiger partial charge in [0, 0.05) is 0 Å². The number of halogens is 16. The molecule has 2 atom stereocenters. The highest BCUT2D eigenvalue weighted by Gasteiger charge is 2.64. The number of rotatable bonds is 7. The monoisotopic (exact) mass is 494 g/mol. The van der Waals surface area contributed by atoms with Crippen molar-refractivity contribution in [1.82, 2.24) is 0 Å². The Bertz CT molecular complexity index is 452. The number of hydrogen-bond donors (Lipinski definition) is 0. The first kappa shape index (κ1) is 27.6. The maximum Gasteiger partial charge on any atom is 0.398 e. The molecule has 0 aromatic heterocycles. The van der Waals surface area contributed by atoms with E-state index in [0.29, 0.717) is 0 Å². The van der Waals surface area contributed by atoms with Crippen LogP contribution in [0.3, 0.4) is 0 Å². The first-order valence-corrected chi connectivity index (χ1v) is 8.43. The molecule has 2 unspecified atom stereocenters. The van der Waals surface area contributed by atoms with E-state index in [4.69, 9.17) is 0 Å². The molecular formula is C10H6F16S2. The number of hydrogen-bond acceptors (Lipinski definition) is 2. The topological polar surface area (TPSA) is 0 Å². The van der Waals surface area contributed by atoms with Crippen LogP contribution in [0.4, 0.5) is 70.2 Å². The van der Waals surface area contributed by atoms with Gasteiger partial charge in [0.1, 0.15) is 11.8 Å². The van der Waals surface area contributed by atoms with Crippen LogP contribution >= 0.6 is 21.6 Å². The maximum absolute atomic E-state index is 13.4. The van der Waals surface area contributed by atoms with Gasteiger partial charge in [-0.1, -0.05) is 0 Å². The van der Waals surface area contributed by atoms with Gasteiger partial charge in [-0.15, -0.1) is 0 Å². The summed E-state index contributed by atoms with van der Waals surface area (Å²) in [5.41, 5.74) is 0. The third kappa shape index (κ3) is 9.39. The Morgan fingerprint density at radius 3 is 0.786 bits per heavy atom. The lowest BCUT2D eigenvalue weighted by atomic mass is 10.1. The van der Waals surface area contributed by atoms with Gasteiger partial charge in [-0.25, -0.2) is 0 Å². The lowest BCUT2D eigenvalue weighted by molar-refractivity contribution is -0.253. The molecule has 0 aliphatic rings. The molecule has 0 aromatic carbocycles. The summed E-state index contributed by atoms with van der Waals surface area (Å²) in [4.78, 5) is 0. The molecule has 0 rings (SSSR count). The molecule has 28 heavy (non-hydrogen) atoms. The van der Waals surface area contributed by atoms with Crippen molar-refractivity contribution in [2.24, 2.45) is 11.8 Å². The molecule has 0 nitrogen and oxygen atoms in total. The van der Waals surface area contributed by atoms with Crippen LogP contribution in [0.25, 0.3) is 0 Å². The molecule has 0 aliphatic carbocycles. The van der Waals surface area contributed by atoms with E-state index in [0.717, 1.165) is 0 Å². The maximum atomic E-state index is 13.4. The van der Waals surface area contributed by atoms with Crippen LogP contribution in [0.5, 0.6) is 0 Å². The van der Waals surface area contributed by atoms with E-state index in [-0.39, 0.29) is 0 Å². The highest BCUT2D eigenvalue weighted by atomic mass is 33.1. The van der Waals surface area contributed by atoms with E-state index in [9.17, 15) is 70.2 Å². The van der Waals surface area contributed by atoms with Gasteiger partial charge in [0.15, 0.2) is 0 Å². The Labute approximate surface area is 152 Å². The molecule has 0 heterocycles. The molecule has 0 saturated heterocycles. The van der Waals surface area contributed by atoms with E-state index in [2.05, 4.69) is 0 Å². The van der Waals surface area contributed by atoms with E-state index >= 15 is 0 Å².